The zero-order chi connectivity index (χ0) is 27.2. The van der Waals surface area contributed by atoms with Crippen molar-refractivity contribution in [1.29, 1.82) is 0 Å². The average molecular weight is 521 g/mol. The van der Waals surface area contributed by atoms with E-state index in [1.54, 1.807) is 24.8 Å². The van der Waals surface area contributed by atoms with Crippen molar-refractivity contribution in [2.75, 3.05) is 32.2 Å². The van der Waals surface area contributed by atoms with Crippen LogP contribution in [0, 0.1) is 17.6 Å². The van der Waals surface area contributed by atoms with Crippen molar-refractivity contribution in [2.45, 2.75) is 59.4 Å². The van der Waals surface area contributed by atoms with Crippen LogP contribution in [0.25, 0.3) is 0 Å². The highest BCUT2D eigenvalue weighted by Gasteiger charge is 2.21. The molecule has 1 N–H and O–H groups in total. The van der Waals surface area contributed by atoms with Crippen molar-refractivity contribution in [2.24, 2.45) is 5.92 Å². The Hall–Kier alpha value is -3.36. The van der Waals surface area contributed by atoms with E-state index in [4.69, 9.17) is 14.2 Å². The molecule has 2 aromatic rings. The van der Waals surface area contributed by atoms with Gasteiger partial charge in [-0.05, 0) is 26.3 Å². The van der Waals surface area contributed by atoms with Gasteiger partial charge in [-0.15, -0.1) is 0 Å². The number of esters is 1. The lowest BCUT2D eigenvalue weighted by atomic mass is 10.1. The summed E-state index contributed by atoms with van der Waals surface area (Å²) in [6, 6.07) is 8.41. The van der Waals surface area contributed by atoms with Crippen LogP contribution in [0.4, 0.5) is 19.3 Å². The van der Waals surface area contributed by atoms with E-state index in [2.05, 4.69) is 12.2 Å². The summed E-state index contributed by atoms with van der Waals surface area (Å²) >= 11 is 0. The predicted molar refractivity (Wildman–Crippen MR) is 139 cm³/mol. The molecule has 0 saturated carbocycles. The summed E-state index contributed by atoms with van der Waals surface area (Å²) in [5.74, 6) is -2.10. The van der Waals surface area contributed by atoms with Gasteiger partial charge in [0.2, 0.25) is 0 Å². The average Bonchev–Trinajstić information content (AvgIpc) is 2.88. The summed E-state index contributed by atoms with van der Waals surface area (Å²) in [6.07, 6.45) is 4.97. The van der Waals surface area contributed by atoms with Gasteiger partial charge in [-0.25, -0.2) is 13.6 Å². The molecule has 2 amide bonds. The van der Waals surface area contributed by atoms with Gasteiger partial charge in [0, 0.05) is 24.2 Å². The standard InChI is InChI=1S/C28H38F2N2O5/c1-5-7-8-9-12-15-32(28(34)31-26-23(30)16-22(29)17-25(26)35-4)18-21-13-10-11-14-24(21)37-19-20(3)27(33)36-6-2/h10-11,13-14,16-17,20H,5-9,12,15,18-19H2,1-4H3,(H,31,34). The maximum Gasteiger partial charge on any atom is 0.322 e. The molecule has 0 spiro atoms. The van der Waals surface area contributed by atoms with Gasteiger partial charge in [0.05, 0.1) is 26.2 Å². The van der Waals surface area contributed by atoms with Gasteiger partial charge in [-0.1, -0.05) is 50.8 Å². The largest absolute Gasteiger partial charge is 0.494 e. The van der Waals surface area contributed by atoms with Gasteiger partial charge in [-0.2, -0.15) is 0 Å². The molecule has 0 bridgehead atoms. The molecular weight excluding hydrogens is 482 g/mol. The number of ether oxygens (including phenoxy) is 3. The third kappa shape index (κ3) is 9.55. The first-order chi connectivity index (χ1) is 17.8. The lowest BCUT2D eigenvalue weighted by Gasteiger charge is -2.25. The first-order valence-corrected chi connectivity index (χ1v) is 12.8. The molecule has 0 heterocycles. The number of urea groups is 1. The van der Waals surface area contributed by atoms with Crippen molar-refractivity contribution in [1.82, 2.24) is 4.90 Å². The van der Waals surface area contributed by atoms with Crippen LogP contribution in [0.15, 0.2) is 36.4 Å². The van der Waals surface area contributed by atoms with Crippen molar-refractivity contribution in [3.05, 3.63) is 53.6 Å². The molecule has 7 nitrogen and oxygen atoms in total. The maximum absolute atomic E-state index is 14.5. The van der Waals surface area contributed by atoms with Crippen LogP contribution in [-0.2, 0) is 16.1 Å². The molecule has 0 aliphatic heterocycles. The number of hydrogen-bond acceptors (Lipinski definition) is 5. The van der Waals surface area contributed by atoms with Crippen LogP contribution in [0.5, 0.6) is 11.5 Å². The van der Waals surface area contributed by atoms with Gasteiger partial charge in [0.25, 0.3) is 0 Å². The van der Waals surface area contributed by atoms with Crippen LogP contribution in [-0.4, -0.2) is 43.8 Å². The summed E-state index contributed by atoms with van der Waals surface area (Å²) in [5, 5.41) is 2.55. The number of unbranched alkanes of at least 4 members (excludes halogenated alkanes) is 4. The van der Waals surface area contributed by atoms with Crippen LogP contribution in [0.1, 0.15) is 58.4 Å². The number of nitrogens with one attached hydrogen (secondary N) is 1. The molecule has 9 heteroatoms. The summed E-state index contributed by atoms with van der Waals surface area (Å²) < 4.78 is 44.1. The van der Waals surface area contributed by atoms with Crippen LogP contribution in [0.2, 0.25) is 0 Å². The molecule has 1 atom stereocenters. The monoisotopic (exact) mass is 520 g/mol. The van der Waals surface area contributed by atoms with E-state index in [9.17, 15) is 18.4 Å². The molecule has 204 valence electrons. The number of carbonyl (C=O) groups is 2. The molecule has 2 aromatic carbocycles. The first kappa shape index (κ1) is 29.9. The van der Waals surface area contributed by atoms with Gasteiger partial charge in [0.1, 0.15) is 29.6 Å². The molecular formula is C28H38F2N2O5. The molecule has 0 aliphatic carbocycles. The minimum Gasteiger partial charge on any atom is -0.494 e. The Morgan fingerprint density at radius 3 is 2.46 bits per heavy atom. The Kier molecular flexibility index (Phi) is 12.7. The van der Waals surface area contributed by atoms with Crippen LogP contribution >= 0.6 is 0 Å². The molecule has 0 radical (unpaired) electrons. The topological polar surface area (TPSA) is 77.1 Å². The highest BCUT2D eigenvalue weighted by atomic mass is 19.1. The van der Waals surface area contributed by atoms with E-state index in [0.717, 1.165) is 43.7 Å². The molecule has 2 rings (SSSR count). The molecule has 37 heavy (non-hydrogen) atoms. The predicted octanol–water partition coefficient (Wildman–Crippen LogP) is 6.56. The van der Waals surface area contributed by atoms with Crippen molar-refractivity contribution < 1.29 is 32.6 Å². The second-order valence-corrected chi connectivity index (χ2v) is 8.80. The molecule has 0 aliphatic rings. The highest BCUT2D eigenvalue weighted by Crippen LogP contribution is 2.29. The molecule has 1 unspecified atom stereocenters. The van der Waals surface area contributed by atoms with E-state index in [1.807, 2.05) is 18.2 Å². The highest BCUT2D eigenvalue weighted by molar-refractivity contribution is 5.91. The smallest absolute Gasteiger partial charge is 0.322 e. The summed E-state index contributed by atoms with van der Waals surface area (Å²) in [6.45, 7) is 6.63. The Labute approximate surface area is 218 Å². The van der Waals surface area contributed by atoms with Gasteiger partial charge in [0.15, 0.2) is 5.82 Å². The zero-order valence-corrected chi connectivity index (χ0v) is 22.1. The molecule has 0 saturated heterocycles. The number of benzene rings is 2. The van der Waals surface area contributed by atoms with Crippen molar-refractivity contribution in [3.63, 3.8) is 0 Å². The van der Waals surface area contributed by atoms with E-state index in [0.29, 0.717) is 25.0 Å². The SMILES string of the molecule is CCCCCCCN(Cc1ccccc1OCC(C)C(=O)OCC)C(=O)Nc1c(F)cc(F)cc1OC. The fraction of sp³-hybridized carbons (Fsp3) is 0.500. The molecule has 0 aromatic heterocycles. The van der Waals surface area contributed by atoms with Gasteiger partial charge >= 0.3 is 12.0 Å². The quantitative estimate of drug-likeness (QED) is 0.213. The maximum atomic E-state index is 14.5. The minimum atomic E-state index is -0.926. The van der Waals surface area contributed by atoms with Crippen LogP contribution in [0.3, 0.4) is 0 Å². The zero-order valence-electron chi connectivity index (χ0n) is 22.1. The number of hydrogen-bond donors (Lipinski definition) is 1. The second kappa shape index (κ2) is 15.7. The number of amides is 2. The Morgan fingerprint density at radius 2 is 1.76 bits per heavy atom. The van der Waals surface area contributed by atoms with E-state index >= 15 is 0 Å². The minimum absolute atomic E-state index is 0.106. The van der Waals surface area contributed by atoms with E-state index in [1.165, 1.54) is 7.11 Å². The van der Waals surface area contributed by atoms with E-state index < -0.39 is 23.6 Å². The van der Waals surface area contributed by atoms with Gasteiger partial charge < -0.3 is 24.4 Å². The first-order valence-electron chi connectivity index (χ1n) is 12.8. The third-order valence-corrected chi connectivity index (χ3v) is 5.80. The fourth-order valence-corrected chi connectivity index (χ4v) is 3.73. The van der Waals surface area contributed by atoms with Crippen LogP contribution < -0.4 is 14.8 Å². The normalized spacial score (nSPS) is 11.5. The number of nitrogens with zero attached hydrogens (tertiary/aromatic N) is 1. The number of para-hydroxylation sites is 1. The summed E-state index contributed by atoms with van der Waals surface area (Å²) in [7, 11) is 1.28. The fourth-order valence-electron chi connectivity index (χ4n) is 3.73. The Balaban J connectivity index is 2.20. The van der Waals surface area contributed by atoms with Crippen molar-refractivity contribution >= 4 is 17.7 Å². The second-order valence-electron chi connectivity index (χ2n) is 8.80. The lowest BCUT2D eigenvalue weighted by molar-refractivity contribution is -0.148. The molecule has 0 fully saturated rings. The number of rotatable bonds is 15. The van der Waals surface area contributed by atoms with E-state index in [-0.39, 0.29) is 30.6 Å². The Morgan fingerprint density at radius 1 is 1.03 bits per heavy atom. The Bertz CT molecular complexity index is 1020. The number of halogens is 2. The number of carbonyl (C=O) groups excluding carboxylic acids is 2. The lowest BCUT2D eigenvalue weighted by Crippen LogP contribution is -2.36. The van der Waals surface area contributed by atoms with Crippen molar-refractivity contribution in [3.8, 4) is 11.5 Å². The number of anilines is 1. The summed E-state index contributed by atoms with van der Waals surface area (Å²) in [5.41, 5.74) is 0.506. The number of methoxy groups -OCH3 is 1. The van der Waals surface area contributed by atoms with Gasteiger partial charge in [-0.3, -0.25) is 4.79 Å². The summed E-state index contributed by atoms with van der Waals surface area (Å²) in [4.78, 5) is 26.8. The third-order valence-electron chi connectivity index (χ3n) is 5.80.